The Morgan fingerprint density at radius 2 is 1.79 bits per heavy atom. The van der Waals surface area contributed by atoms with Crippen molar-refractivity contribution in [1.29, 1.82) is 0 Å². The van der Waals surface area contributed by atoms with Gasteiger partial charge in [0.15, 0.2) is 0 Å². The molecule has 0 amide bonds. The summed E-state index contributed by atoms with van der Waals surface area (Å²) in [6.45, 7) is 1.79. The van der Waals surface area contributed by atoms with Gasteiger partial charge in [0.25, 0.3) is 0 Å². The molecule has 1 aromatic rings. The third-order valence-electron chi connectivity index (χ3n) is 2.24. The number of hydrogen-bond donors (Lipinski definition) is 1. The molecule has 9 heteroatoms. The van der Waals surface area contributed by atoms with E-state index in [-0.39, 0.29) is 5.69 Å². The molecule has 5 nitrogen and oxygen atoms in total. The van der Waals surface area contributed by atoms with Crippen LogP contribution >= 0.6 is 27.5 Å². The largest absolute Gasteiger partial charge is 0.282 e. The van der Waals surface area contributed by atoms with Gasteiger partial charge < -0.3 is 0 Å². The van der Waals surface area contributed by atoms with E-state index in [4.69, 9.17) is 11.6 Å². The summed E-state index contributed by atoms with van der Waals surface area (Å²) in [5.74, 6) is -0.927. The smallest absolute Gasteiger partial charge is 0.233 e. The third-order valence-corrected chi connectivity index (χ3v) is 5.78. The van der Waals surface area contributed by atoms with Crippen LogP contribution in [0.1, 0.15) is 5.56 Å². The topological polar surface area (TPSA) is 80.3 Å². The molecule has 0 aliphatic carbocycles. The number of rotatable bonds is 5. The molecule has 0 spiro atoms. The molecular weight excluding hydrogens is 378 g/mol. The van der Waals surface area contributed by atoms with Crippen molar-refractivity contribution < 1.29 is 16.8 Å². The van der Waals surface area contributed by atoms with Gasteiger partial charge in [-0.3, -0.25) is 4.72 Å². The molecule has 0 fully saturated rings. The summed E-state index contributed by atoms with van der Waals surface area (Å²) in [6, 6.07) is 3.15. The molecule has 1 rings (SSSR count). The van der Waals surface area contributed by atoms with Crippen molar-refractivity contribution in [3.63, 3.8) is 0 Å². The summed E-state index contributed by atoms with van der Waals surface area (Å²) in [6.07, 6.45) is 0.987. The lowest BCUT2D eigenvalue weighted by Crippen LogP contribution is -2.22. The molecule has 0 radical (unpaired) electrons. The molecule has 0 atom stereocenters. The molecule has 1 aromatic carbocycles. The summed E-state index contributed by atoms with van der Waals surface area (Å²) in [5, 5.41) is 0.420. The lowest BCUT2D eigenvalue weighted by Gasteiger charge is -2.11. The molecule has 0 aliphatic heterocycles. The fourth-order valence-corrected chi connectivity index (χ4v) is 4.75. The second-order valence-corrected chi connectivity index (χ2v) is 9.50. The Hall–Kier alpha value is -0.310. The third kappa shape index (κ3) is 5.68. The van der Waals surface area contributed by atoms with Crippen LogP contribution in [0.5, 0.6) is 0 Å². The summed E-state index contributed by atoms with van der Waals surface area (Å²) in [5.41, 5.74) is 1.08. The highest BCUT2D eigenvalue weighted by molar-refractivity contribution is 9.10. The minimum Gasteiger partial charge on any atom is -0.282 e. The number of benzene rings is 1. The van der Waals surface area contributed by atoms with Crippen LogP contribution < -0.4 is 4.72 Å². The predicted octanol–water partition coefficient (Wildman–Crippen LogP) is 2.20. The van der Waals surface area contributed by atoms with Gasteiger partial charge in [-0.1, -0.05) is 11.6 Å². The van der Waals surface area contributed by atoms with Gasteiger partial charge in [0.05, 0.1) is 17.2 Å². The first kappa shape index (κ1) is 16.7. The summed E-state index contributed by atoms with van der Waals surface area (Å²) in [4.78, 5) is 0. The second-order valence-electron chi connectivity index (χ2n) is 4.13. The first-order valence-corrected chi connectivity index (χ1v) is 10.0. The molecular formula is C10H13BrClNO4S2. The van der Waals surface area contributed by atoms with Crippen LogP contribution in [-0.2, 0) is 19.9 Å². The molecule has 0 bridgehead atoms. The van der Waals surface area contributed by atoms with Crippen molar-refractivity contribution in [3.8, 4) is 0 Å². The Labute approximate surface area is 126 Å². The van der Waals surface area contributed by atoms with Crippen molar-refractivity contribution in [3.05, 3.63) is 27.2 Å². The van der Waals surface area contributed by atoms with E-state index < -0.39 is 31.4 Å². The highest BCUT2D eigenvalue weighted by atomic mass is 79.9. The number of nitrogens with one attached hydrogen (secondary N) is 1. The Balaban J connectivity index is 2.93. The van der Waals surface area contributed by atoms with Crippen LogP contribution in [0.3, 0.4) is 0 Å². The van der Waals surface area contributed by atoms with Gasteiger partial charge in [0.1, 0.15) is 9.84 Å². The zero-order chi connectivity index (χ0) is 14.8. The van der Waals surface area contributed by atoms with Gasteiger partial charge in [0.2, 0.25) is 10.0 Å². The molecule has 19 heavy (non-hydrogen) atoms. The standard InChI is InChI=1S/C10H13BrClNO4S2/c1-7-5-8(11)10(6-9(7)12)13-19(16,17)4-3-18(2,14)15/h5-6,13H,3-4H2,1-2H3. The predicted molar refractivity (Wildman–Crippen MR) is 81.0 cm³/mol. The maximum atomic E-state index is 11.8. The fourth-order valence-electron chi connectivity index (χ4n) is 1.20. The van der Waals surface area contributed by atoms with Crippen molar-refractivity contribution in [2.45, 2.75) is 6.92 Å². The molecule has 0 aliphatic rings. The molecule has 0 heterocycles. The van der Waals surface area contributed by atoms with Crippen molar-refractivity contribution in [2.24, 2.45) is 0 Å². The van der Waals surface area contributed by atoms with Crippen LogP contribution in [0, 0.1) is 6.92 Å². The summed E-state index contributed by atoms with van der Waals surface area (Å²) >= 11 is 9.13. The van der Waals surface area contributed by atoms with Gasteiger partial charge in [-0.25, -0.2) is 16.8 Å². The van der Waals surface area contributed by atoms with Gasteiger partial charge >= 0.3 is 0 Å². The van der Waals surface area contributed by atoms with Crippen LogP contribution in [0.4, 0.5) is 5.69 Å². The van der Waals surface area contributed by atoms with Gasteiger partial charge in [-0.05, 0) is 40.5 Å². The Bertz CT molecular complexity index is 686. The van der Waals surface area contributed by atoms with Crippen molar-refractivity contribution in [2.75, 3.05) is 22.5 Å². The maximum Gasteiger partial charge on any atom is 0.233 e. The van der Waals surface area contributed by atoms with E-state index in [2.05, 4.69) is 20.7 Å². The monoisotopic (exact) mass is 389 g/mol. The van der Waals surface area contributed by atoms with E-state index in [1.807, 2.05) is 0 Å². The number of sulfone groups is 1. The number of hydrogen-bond acceptors (Lipinski definition) is 4. The van der Waals surface area contributed by atoms with Crippen molar-refractivity contribution in [1.82, 2.24) is 0 Å². The minimum absolute atomic E-state index is 0.282. The summed E-state index contributed by atoms with van der Waals surface area (Å²) < 4.78 is 48.3. The molecule has 0 saturated carbocycles. The molecule has 1 N–H and O–H groups in total. The number of halogens is 2. The first-order chi connectivity index (χ1) is 8.50. The number of anilines is 1. The van der Waals surface area contributed by atoms with Gasteiger partial charge in [-0.15, -0.1) is 0 Å². The van der Waals surface area contributed by atoms with Crippen LogP contribution in [0.25, 0.3) is 0 Å². The van der Waals surface area contributed by atoms with E-state index in [0.29, 0.717) is 9.50 Å². The van der Waals surface area contributed by atoms with E-state index in [1.54, 1.807) is 13.0 Å². The van der Waals surface area contributed by atoms with E-state index in [0.717, 1.165) is 11.8 Å². The SMILES string of the molecule is Cc1cc(Br)c(NS(=O)(=O)CCS(C)(=O)=O)cc1Cl. The Morgan fingerprint density at radius 1 is 1.21 bits per heavy atom. The minimum atomic E-state index is -3.74. The Morgan fingerprint density at radius 3 is 2.32 bits per heavy atom. The normalized spacial score (nSPS) is 12.4. The van der Waals surface area contributed by atoms with Crippen LogP contribution in [-0.4, -0.2) is 34.6 Å². The molecule has 108 valence electrons. The summed E-state index contributed by atoms with van der Waals surface area (Å²) in [7, 11) is -7.07. The molecule has 0 unspecified atom stereocenters. The number of aryl methyl sites for hydroxylation is 1. The van der Waals surface area contributed by atoms with Crippen LogP contribution in [0.15, 0.2) is 16.6 Å². The fraction of sp³-hybridized carbons (Fsp3) is 0.400. The average Bonchev–Trinajstić information content (AvgIpc) is 2.22. The quantitative estimate of drug-likeness (QED) is 0.836. The maximum absolute atomic E-state index is 11.8. The van der Waals surface area contributed by atoms with E-state index >= 15 is 0 Å². The second kappa shape index (κ2) is 5.99. The number of sulfonamides is 1. The van der Waals surface area contributed by atoms with Gasteiger partial charge in [-0.2, -0.15) is 0 Å². The molecule has 0 aromatic heterocycles. The zero-order valence-corrected chi connectivity index (χ0v) is 14.2. The highest BCUT2D eigenvalue weighted by Crippen LogP contribution is 2.29. The van der Waals surface area contributed by atoms with E-state index in [9.17, 15) is 16.8 Å². The van der Waals surface area contributed by atoms with Crippen molar-refractivity contribution >= 4 is 53.1 Å². The molecule has 0 saturated heterocycles. The van der Waals surface area contributed by atoms with Crippen LogP contribution in [0.2, 0.25) is 5.02 Å². The Kier molecular flexibility index (Phi) is 5.28. The average molecular weight is 391 g/mol. The van der Waals surface area contributed by atoms with Gasteiger partial charge in [0, 0.05) is 15.8 Å². The zero-order valence-electron chi connectivity index (χ0n) is 10.3. The highest BCUT2D eigenvalue weighted by Gasteiger charge is 2.16. The van der Waals surface area contributed by atoms with E-state index in [1.165, 1.54) is 6.07 Å². The lowest BCUT2D eigenvalue weighted by molar-refractivity contribution is 0.593. The first-order valence-electron chi connectivity index (χ1n) is 5.14. The lowest BCUT2D eigenvalue weighted by atomic mass is 10.2.